The molecule has 0 aliphatic rings. The minimum absolute atomic E-state index is 0.400. The standard InChI is InChI=1S/C4H8F2N2.C2H4O2/c1-2-4(5,6)3(7)8;1-2(3)4/h2H2,1H3,(H3,7,8);1H3,(H,3,4). The molecule has 6 heteroatoms. The Kier molecular flexibility index (Phi) is 6.08. The van der Waals surface area contributed by atoms with Gasteiger partial charge in [0.1, 0.15) is 0 Å². The fourth-order valence-electron chi connectivity index (χ4n) is 0.190. The largest absolute Gasteiger partial charge is 0.481 e. The van der Waals surface area contributed by atoms with Gasteiger partial charge in [-0.2, -0.15) is 8.78 Å². The van der Waals surface area contributed by atoms with Crippen LogP contribution in [0.25, 0.3) is 0 Å². The van der Waals surface area contributed by atoms with Crippen LogP contribution in [0.5, 0.6) is 0 Å². The van der Waals surface area contributed by atoms with Crippen LogP contribution in [0.4, 0.5) is 8.78 Å². The summed E-state index contributed by atoms with van der Waals surface area (Å²) in [5.74, 6) is -4.99. The fraction of sp³-hybridized carbons (Fsp3) is 0.667. The molecule has 4 nitrogen and oxygen atoms in total. The molecule has 0 aliphatic heterocycles. The maximum Gasteiger partial charge on any atom is 0.303 e. The van der Waals surface area contributed by atoms with E-state index in [1.807, 2.05) is 0 Å². The second-order valence-corrected chi connectivity index (χ2v) is 1.99. The van der Waals surface area contributed by atoms with E-state index in [0.29, 0.717) is 0 Å². The molecule has 0 fully saturated rings. The van der Waals surface area contributed by atoms with Gasteiger partial charge in [-0.1, -0.05) is 6.92 Å². The monoisotopic (exact) mass is 182 g/mol. The molecule has 12 heavy (non-hydrogen) atoms. The van der Waals surface area contributed by atoms with Gasteiger partial charge >= 0.3 is 5.92 Å². The zero-order valence-corrected chi connectivity index (χ0v) is 6.90. The van der Waals surface area contributed by atoms with Crippen molar-refractivity contribution < 1.29 is 18.7 Å². The maximum atomic E-state index is 11.9. The fourth-order valence-corrected chi connectivity index (χ4v) is 0.190. The van der Waals surface area contributed by atoms with Crippen LogP contribution in [0.2, 0.25) is 0 Å². The van der Waals surface area contributed by atoms with E-state index in [1.165, 1.54) is 6.92 Å². The maximum absolute atomic E-state index is 11.9. The summed E-state index contributed by atoms with van der Waals surface area (Å²) in [6.07, 6.45) is -0.400. The minimum atomic E-state index is -3.10. The Bertz CT molecular complexity index is 167. The van der Waals surface area contributed by atoms with E-state index in [-0.39, 0.29) is 0 Å². The number of alkyl halides is 2. The van der Waals surface area contributed by atoms with Gasteiger partial charge in [0, 0.05) is 13.3 Å². The van der Waals surface area contributed by atoms with Gasteiger partial charge in [0.15, 0.2) is 5.84 Å². The lowest BCUT2D eigenvalue weighted by Gasteiger charge is -2.09. The highest BCUT2D eigenvalue weighted by Crippen LogP contribution is 2.15. The average Bonchev–Trinajstić information content (AvgIpc) is 1.86. The van der Waals surface area contributed by atoms with E-state index in [9.17, 15) is 8.78 Å². The van der Waals surface area contributed by atoms with Crippen LogP contribution < -0.4 is 5.73 Å². The Morgan fingerprint density at radius 1 is 1.67 bits per heavy atom. The summed E-state index contributed by atoms with van der Waals surface area (Å²) in [5.41, 5.74) is 4.51. The van der Waals surface area contributed by atoms with Gasteiger partial charge in [0.25, 0.3) is 5.97 Å². The van der Waals surface area contributed by atoms with Crippen molar-refractivity contribution in [3.05, 3.63) is 0 Å². The van der Waals surface area contributed by atoms with Crippen LogP contribution in [0.15, 0.2) is 0 Å². The first-order valence-corrected chi connectivity index (χ1v) is 3.16. The lowest BCUT2D eigenvalue weighted by Crippen LogP contribution is -2.33. The smallest absolute Gasteiger partial charge is 0.303 e. The lowest BCUT2D eigenvalue weighted by molar-refractivity contribution is -0.134. The Labute approximate surface area is 68.9 Å². The van der Waals surface area contributed by atoms with Gasteiger partial charge in [0.2, 0.25) is 0 Å². The first-order valence-electron chi connectivity index (χ1n) is 3.16. The molecule has 0 aromatic carbocycles. The number of carboxylic acid groups (broad SMARTS) is 1. The highest BCUT2D eigenvalue weighted by molar-refractivity contribution is 5.84. The van der Waals surface area contributed by atoms with Crippen molar-refractivity contribution in [1.82, 2.24) is 0 Å². The third-order valence-corrected chi connectivity index (χ3v) is 0.838. The quantitative estimate of drug-likeness (QED) is 0.440. The molecular formula is C6H12F2N2O2. The molecule has 0 spiro atoms. The highest BCUT2D eigenvalue weighted by atomic mass is 19.3. The van der Waals surface area contributed by atoms with E-state index >= 15 is 0 Å². The highest BCUT2D eigenvalue weighted by Gasteiger charge is 2.29. The van der Waals surface area contributed by atoms with Gasteiger partial charge in [-0.05, 0) is 0 Å². The van der Waals surface area contributed by atoms with Crippen molar-refractivity contribution >= 4 is 11.8 Å². The van der Waals surface area contributed by atoms with E-state index in [1.54, 1.807) is 0 Å². The van der Waals surface area contributed by atoms with Crippen molar-refractivity contribution in [2.75, 3.05) is 0 Å². The Hall–Kier alpha value is -1.20. The van der Waals surface area contributed by atoms with E-state index in [4.69, 9.17) is 15.3 Å². The number of halogens is 2. The van der Waals surface area contributed by atoms with Gasteiger partial charge in [0.05, 0.1) is 0 Å². The predicted molar refractivity (Wildman–Crippen MR) is 40.5 cm³/mol. The summed E-state index contributed by atoms with van der Waals surface area (Å²) in [4.78, 5) is 9.00. The van der Waals surface area contributed by atoms with Crippen molar-refractivity contribution in [3.8, 4) is 0 Å². The predicted octanol–water partition coefficient (Wildman–Crippen LogP) is 1.06. The molecule has 72 valence electrons. The summed E-state index contributed by atoms with van der Waals surface area (Å²) >= 11 is 0. The van der Waals surface area contributed by atoms with Crippen LogP contribution in [-0.4, -0.2) is 22.8 Å². The van der Waals surface area contributed by atoms with Gasteiger partial charge in [-0.25, -0.2) is 0 Å². The number of rotatable bonds is 2. The number of carbonyl (C=O) groups is 1. The normalized spacial score (nSPS) is 9.67. The molecule has 0 aromatic heterocycles. The van der Waals surface area contributed by atoms with Gasteiger partial charge < -0.3 is 10.8 Å². The Morgan fingerprint density at radius 3 is 1.92 bits per heavy atom. The third-order valence-electron chi connectivity index (χ3n) is 0.838. The minimum Gasteiger partial charge on any atom is -0.481 e. The molecule has 0 aromatic rings. The Balaban J connectivity index is 0. The molecule has 0 bridgehead atoms. The molecule has 0 amide bonds. The van der Waals surface area contributed by atoms with Gasteiger partial charge in [-0.3, -0.25) is 10.2 Å². The number of hydrogen-bond donors (Lipinski definition) is 3. The molecule has 0 saturated heterocycles. The first-order chi connectivity index (χ1) is 5.24. The molecule has 0 heterocycles. The number of carboxylic acids is 1. The zero-order chi connectivity index (χ0) is 10.4. The van der Waals surface area contributed by atoms with Crippen molar-refractivity contribution in [1.29, 1.82) is 5.41 Å². The van der Waals surface area contributed by atoms with Crippen molar-refractivity contribution in [3.63, 3.8) is 0 Å². The summed E-state index contributed by atoms with van der Waals surface area (Å²) < 4.78 is 23.9. The number of aliphatic carboxylic acids is 1. The molecule has 0 saturated carbocycles. The van der Waals surface area contributed by atoms with Gasteiger partial charge in [-0.15, -0.1) is 0 Å². The zero-order valence-electron chi connectivity index (χ0n) is 6.90. The first kappa shape index (κ1) is 13.4. The van der Waals surface area contributed by atoms with E-state index in [0.717, 1.165) is 6.92 Å². The number of amidine groups is 1. The third kappa shape index (κ3) is 8.80. The summed E-state index contributed by atoms with van der Waals surface area (Å²) in [7, 11) is 0. The summed E-state index contributed by atoms with van der Waals surface area (Å²) in [5, 5.41) is 13.7. The van der Waals surface area contributed by atoms with E-state index < -0.39 is 24.1 Å². The molecule has 0 radical (unpaired) electrons. The number of nitrogens with one attached hydrogen (secondary N) is 1. The summed E-state index contributed by atoms with van der Waals surface area (Å²) in [6, 6.07) is 0. The SMILES string of the molecule is CC(=O)O.CCC(F)(F)C(=N)N. The molecule has 0 atom stereocenters. The van der Waals surface area contributed by atoms with Crippen LogP contribution in [0.1, 0.15) is 20.3 Å². The van der Waals surface area contributed by atoms with Crippen molar-refractivity contribution in [2.45, 2.75) is 26.2 Å². The lowest BCUT2D eigenvalue weighted by atomic mass is 10.2. The Morgan fingerprint density at radius 2 is 1.92 bits per heavy atom. The average molecular weight is 182 g/mol. The van der Waals surface area contributed by atoms with Crippen molar-refractivity contribution in [2.24, 2.45) is 5.73 Å². The van der Waals surface area contributed by atoms with Crippen LogP contribution in [-0.2, 0) is 4.79 Å². The van der Waals surface area contributed by atoms with Crippen LogP contribution >= 0.6 is 0 Å². The topological polar surface area (TPSA) is 87.2 Å². The van der Waals surface area contributed by atoms with Crippen LogP contribution in [0, 0.1) is 5.41 Å². The van der Waals surface area contributed by atoms with Crippen LogP contribution in [0.3, 0.4) is 0 Å². The second kappa shape index (κ2) is 5.45. The summed E-state index contributed by atoms with van der Waals surface area (Å²) in [6.45, 7) is 2.36. The number of hydrogen-bond acceptors (Lipinski definition) is 2. The molecule has 4 N–H and O–H groups in total. The van der Waals surface area contributed by atoms with E-state index in [2.05, 4.69) is 5.73 Å². The molecule has 0 rings (SSSR count). The molecule has 0 aliphatic carbocycles. The molecular weight excluding hydrogens is 170 g/mol. The molecule has 0 unspecified atom stereocenters. The second-order valence-electron chi connectivity index (χ2n) is 1.99. The number of nitrogens with two attached hydrogens (primary N) is 1.